The third-order valence-electron chi connectivity index (χ3n) is 5.56. The van der Waals surface area contributed by atoms with Gasteiger partial charge in [0.2, 0.25) is 5.91 Å². The van der Waals surface area contributed by atoms with Crippen LogP contribution in [0.5, 0.6) is 0 Å². The molecule has 3 heterocycles. The predicted molar refractivity (Wildman–Crippen MR) is 116 cm³/mol. The Balaban J connectivity index is 1.21. The Bertz CT molecular complexity index is 1090. The van der Waals surface area contributed by atoms with Gasteiger partial charge in [0.1, 0.15) is 5.82 Å². The second-order valence-electron chi connectivity index (χ2n) is 7.33. The van der Waals surface area contributed by atoms with Crippen LogP contribution in [0.15, 0.2) is 36.4 Å². The average molecular weight is 414 g/mol. The number of fused-ring (bicyclic) bond motifs is 2. The summed E-state index contributed by atoms with van der Waals surface area (Å²) >= 11 is 7.94. The standard InChI is InChI=1S/C21H21ClN4OS/c22-17-13-18-15(12-20(27)23-18)11-14(17)5-6-25-7-9-26(10-8-25)21-16-3-1-2-4-19(16)28-24-21/h1-4,11,13H,5-10,12H2,(H,23,27)/i1D. The number of nitrogens with zero attached hydrogens (tertiary/aromatic N) is 3. The Kier molecular flexibility index (Phi) is 4.40. The third kappa shape index (κ3) is 3.36. The smallest absolute Gasteiger partial charge is 0.228 e. The molecule has 3 aromatic rings. The maximum Gasteiger partial charge on any atom is 0.228 e. The highest BCUT2D eigenvalue weighted by atomic mass is 35.5. The van der Waals surface area contributed by atoms with Gasteiger partial charge in [0.25, 0.3) is 0 Å². The van der Waals surface area contributed by atoms with Gasteiger partial charge in [-0.25, -0.2) is 0 Å². The van der Waals surface area contributed by atoms with Crippen molar-refractivity contribution in [1.29, 1.82) is 0 Å². The van der Waals surface area contributed by atoms with E-state index in [1.54, 1.807) is 0 Å². The summed E-state index contributed by atoms with van der Waals surface area (Å²) in [5.74, 6) is 1.05. The normalized spacial score (nSPS) is 17.7. The number of aromatic nitrogens is 1. The van der Waals surface area contributed by atoms with Gasteiger partial charge in [0, 0.05) is 48.8 Å². The molecular weight excluding hydrogens is 392 g/mol. The van der Waals surface area contributed by atoms with Crippen LogP contribution in [0.25, 0.3) is 10.1 Å². The molecule has 2 aliphatic rings. The molecule has 1 saturated heterocycles. The van der Waals surface area contributed by atoms with Crippen LogP contribution in [0.1, 0.15) is 12.5 Å². The Morgan fingerprint density at radius 2 is 2.11 bits per heavy atom. The molecular formula is C21H21ClN4OS. The zero-order chi connectivity index (χ0) is 20.0. The highest BCUT2D eigenvalue weighted by Crippen LogP contribution is 2.31. The average Bonchev–Trinajstić information content (AvgIpc) is 3.28. The monoisotopic (exact) mass is 413 g/mol. The van der Waals surface area contributed by atoms with Crippen molar-refractivity contribution in [3.05, 3.63) is 52.5 Å². The number of carbonyl (C=O) groups is 1. The summed E-state index contributed by atoms with van der Waals surface area (Å²) in [6, 6.07) is 10.2. The van der Waals surface area contributed by atoms with Gasteiger partial charge in [-0.3, -0.25) is 9.69 Å². The van der Waals surface area contributed by atoms with Crippen molar-refractivity contribution in [3.8, 4) is 0 Å². The van der Waals surface area contributed by atoms with Crippen molar-refractivity contribution in [2.75, 3.05) is 42.9 Å². The molecule has 0 atom stereocenters. The number of carbonyl (C=O) groups excluding carboxylic acids is 1. The molecule has 0 spiro atoms. The van der Waals surface area contributed by atoms with E-state index in [1.165, 1.54) is 11.5 Å². The summed E-state index contributed by atoms with van der Waals surface area (Å²) in [6.07, 6.45) is 1.32. The number of amides is 1. The van der Waals surface area contributed by atoms with E-state index >= 15 is 0 Å². The first-order valence-corrected chi connectivity index (χ1v) is 10.7. The zero-order valence-electron chi connectivity index (χ0n) is 16.4. The lowest BCUT2D eigenvalue weighted by Gasteiger charge is -2.35. The summed E-state index contributed by atoms with van der Waals surface area (Å²) in [7, 11) is 0. The molecule has 28 heavy (non-hydrogen) atoms. The number of rotatable bonds is 4. The number of hydrogen-bond donors (Lipinski definition) is 1. The molecule has 1 N–H and O–H groups in total. The third-order valence-corrected chi connectivity index (χ3v) is 6.73. The molecule has 5 rings (SSSR count). The SMILES string of the molecule is [2H]c1ccc2snc(N3CCN(CCc4cc5c(cc4Cl)NC(=O)C5)CC3)c2c1. The molecule has 2 aliphatic heterocycles. The first-order chi connectivity index (χ1) is 14.1. The van der Waals surface area contributed by atoms with E-state index in [-0.39, 0.29) is 5.91 Å². The Hall–Kier alpha value is -2.15. The number of anilines is 2. The molecule has 0 radical (unpaired) electrons. The number of nitrogens with one attached hydrogen (secondary N) is 1. The largest absolute Gasteiger partial charge is 0.353 e. The molecule has 7 heteroatoms. The van der Waals surface area contributed by atoms with Gasteiger partial charge in [-0.2, -0.15) is 4.37 Å². The molecule has 5 nitrogen and oxygen atoms in total. The number of benzene rings is 2. The minimum Gasteiger partial charge on any atom is -0.353 e. The predicted octanol–water partition coefficient (Wildman–Crippen LogP) is 3.81. The van der Waals surface area contributed by atoms with Crippen LogP contribution in [0.4, 0.5) is 11.5 Å². The molecule has 2 aromatic carbocycles. The Labute approximate surface area is 174 Å². The lowest BCUT2D eigenvalue weighted by atomic mass is 10.1. The Morgan fingerprint density at radius 1 is 1.25 bits per heavy atom. The number of piperazine rings is 1. The fourth-order valence-corrected chi connectivity index (χ4v) is 5.03. The van der Waals surface area contributed by atoms with Crippen molar-refractivity contribution in [1.82, 2.24) is 9.27 Å². The van der Waals surface area contributed by atoms with E-state index in [0.717, 1.165) is 76.9 Å². The Morgan fingerprint density at radius 3 is 2.96 bits per heavy atom. The highest BCUT2D eigenvalue weighted by Gasteiger charge is 2.22. The fourth-order valence-electron chi connectivity index (χ4n) is 3.99. The van der Waals surface area contributed by atoms with Crippen LogP contribution in [0.2, 0.25) is 5.02 Å². The quantitative estimate of drug-likeness (QED) is 0.706. The number of halogens is 1. The topological polar surface area (TPSA) is 48.5 Å². The molecule has 0 bridgehead atoms. The van der Waals surface area contributed by atoms with Gasteiger partial charge in [-0.15, -0.1) is 0 Å². The van der Waals surface area contributed by atoms with Gasteiger partial charge in [0.05, 0.1) is 12.5 Å². The van der Waals surface area contributed by atoms with Crippen molar-refractivity contribution in [2.24, 2.45) is 0 Å². The minimum atomic E-state index is 0.0384. The lowest BCUT2D eigenvalue weighted by Crippen LogP contribution is -2.47. The lowest BCUT2D eigenvalue weighted by molar-refractivity contribution is -0.115. The first kappa shape index (κ1) is 16.8. The van der Waals surface area contributed by atoms with E-state index < -0.39 is 0 Å². The second kappa shape index (κ2) is 7.35. The van der Waals surface area contributed by atoms with E-state index in [2.05, 4.69) is 25.6 Å². The van der Waals surface area contributed by atoms with E-state index in [4.69, 9.17) is 13.0 Å². The van der Waals surface area contributed by atoms with Crippen LogP contribution < -0.4 is 10.2 Å². The summed E-state index contributed by atoms with van der Waals surface area (Å²) in [4.78, 5) is 16.4. The highest BCUT2D eigenvalue weighted by molar-refractivity contribution is 7.13. The summed E-state index contributed by atoms with van der Waals surface area (Å²) in [6.45, 7) is 4.75. The van der Waals surface area contributed by atoms with Gasteiger partial charge in [0.15, 0.2) is 0 Å². The van der Waals surface area contributed by atoms with Crippen LogP contribution in [-0.2, 0) is 17.6 Å². The minimum absolute atomic E-state index is 0.0384. The molecule has 1 fully saturated rings. The maximum absolute atomic E-state index is 11.6. The first-order valence-electron chi connectivity index (χ1n) is 10.0. The second-order valence-corrected chi connectivity index (χ2v) is 8.55. The summed E-state index contributed by atoms with van der Waals surface area (Å²) in [5, 5.41) is 4.66. The van der Waals surface area contributed by atoms with Gasteiger partial charge in [-0.05, 0) is 47.3 Å². The van der Waals surface area contributed by atoms with Crippen LogP contribution in [0, 0.1) is 0 Å². The fraction of sp³-hybridized carbons (Fsp3) is 0.333. The van der Waals surface area contributed by atoms with Gasteiger partial charge >= 0.3 is 0 Å². The molecule has 0 aliphatic carbocycles. The molecule has 0 saturated carbocycles. The van der Waals surface area contributed by atoms with Crippen molar-refractivity contribution in [2.45, 2.75) is 12.8 Å². The number of hydrogen-bond acceptors (Lipinski definition) is 5. The van der Waals surface area contributed by atoms with Crippen LogP contribution in [0.3, 0.4) is 0 Å². The van der Waals surface area contributed by atoms with Crippen LogP contribution >= 0.6 is 23.1 Å². The van der Waals surface area contributed by atoms with E-state index in [9.17, 15) is 4.79 Å². The van der Waals surface area contributed by atoms with Crippen molar-refractivity contribution in [3.63, 3.8) is 0 Å². The van der Waals surface area contributed by atoms with E-state index in [0.29, 0.717) is 12.5 Å². The van der Waals surface area contributed by atoms with Crippen LogP contribution in [-0.4, -0.2) is 47.9 Å². The zero-order valence-corrected chi connectivity index (χ0v) is 16.9. The summed E-state index contributed by atoms with van der Waals surface area (Å²) < 4.78 is 13.7. The summed E-state index contributed by atoms with van der Waals surface area (Å²) in [5.41, 5.74) is 3.00. The van der Waals surface area contributed by atoms with Gasteiger partial charge < -0.3 is 10.2 Å². The van der Waals surface area contributed by atoms with Gasteiger partial charge in [-0.1, -0.05) is 29.8 Å². The van der Waals surface area contributed by atoms with Crippen molar-refractivity contribution >= 4 is 50.6 Å². The molecule has 0 unspecified atom stereocenters. The molecule has 1 amide bonds. The molecule has 1 aromatic heterocycles. The maximum atomic E-state index is 11.6. The molecule has 144 valence electrons. The van der Waals surface area contributed by atoms with Crippen molar-refractivity contribution < 1.29 is 6.17 Å². The van der Waals surface area contributed by atoms with E-state index in [1.807, 2.05) is 24.3 Å².